The van der Waals surface area contributed by atoms with E-state index in [9.17, 15) is 14.7 Å². The summed E-state index contributed by atoms with van der Waals surface area (Å²) in [7, 11) is 3.49. The number of aromatic nitrogens is 4. The minimum atomic E-state index is -3.10. The van der Waals surface area contributed by atoms with E-state index in [0.717, 1.165) is 43.4 Å². The number of likely N-dealkylation sites (N-methyl/N-ethyl adjacent to an activating group) is 1. The number of anilines is 4. The van der Waals surface area contributed by atoms with Crippen molar-refractivity contribution in [3.63, 3.8) is 0 Å². The van der Waals surface area contributed by atoms with Crippen molar-refractivity contribution in [1.82, 2.24) is 35.3 Å². The number of aliphatic hydroxyl groups is 1. The summed E-state index contributed by atoms with van der Waals surface area (Å²) in [5.74, 6) is -2.92. The fraction of sp³-hybridized carbons (Fsp3) is 0.523. The number of piperidine rings is 3. The molecule has 4 fully saturated rings. The van der Waals surface area contributed by atoms with Crippen LogP contribution < -0.4 is 25.8 Å². The van der Waals surface area contributed by atoms with Gasteiger partial charge in [-0.15, -0.1) is 0 Å². The topological polar surface area (TPSA) is 153 Å². The molecule has 14 nitrogen and oxygen atoms in total. The van der Waals surface area contributed by atoms with Crippen LogP contribution in [0.2, 0.25) is 5.02 Å². The molecule has 2 aromatic heterocycles. The molecule has 5 aliphatic heterocycles. The third kappa shape index (κ3) is 7.48. The Morgan fingerprint density at radius 1 is 1.00 bits per heavy atom. The molecule has 3 atom stereocenters. The summed E-state index contributed by atoms with van der Waals surface area (Å²) in [6, 6.07) is 9.95. The molecule has 2 amide bonds. The van der Waals surface area contributed by atoms with Crippen LogP contribution in [0.25, 0.3) is 16.6 Å². The fourth-order valence-corrected chi connectivity index (χ4v) is 10.1. The van der Waals surface area contributed by atoms with Gasteiger partial charge in [0.25, 0.3) is 0 Å². The Hall–Kier alpha value is -5.13. The summed E-state index contributed by atoms with van der Waals surface area (Å²) >= 11 is 6.63. The van der Waals surface area contributed by atoms with Crippen LogP contribution >= 0.6 is 11.6 Å². The summed E-state index contributed by atoms with van der Waals surface area (Å²) in [5.41, 5.74) is 2.81. The Morgan fingerprint density at radius 3 is 2.52 bits per heavy atom. The number of aryl methyl sites for hydroxylation is 1. The van der Waals surface area contributed by atoms with Gasteiger partial charge in [-0.3, -0.25) is 19.6 Å². The van der Waals surface area contributed by atoms with Crippen molar-refractivity contribution in [2.24, 2.45) is 18.9 Å². The molecule has 0 bridgehead atoms. The molecule has 0 radical (unpaired) electrons. The van der Waals surface area contributed by atoms with Gasteiger partial charge in [-0.2, -0.15) is 10.1 Å². The molecule has 6 aliphatic rings. The van der Waals surface area contributed by atoms with E-state index in [4.69, 9.17) is 21.3 Å². The smallest absolute Gasteiger partial charge is 0.301 e. The van der Waals surface area contributed by atoms with Crippen LogP contribution in [0.15, 0.2) is 48.4 Å². The summed E-state index contributed by atoms with van der Waals surface area (Å²) in [5, 5.41) is 25.6. The average molecular weight is 875 g/mol. The molecule has 1 aliphatic carbocycles. The second-order valence-corrected chi connectivity index (χ2v) is 18.3. The molecule has 62 heavy (non-hydrogen) atoms. The summed E-state index contributed by atoms with van der Waals surface area (Å²) in [4.78, 5) is 39.8. The van der Waals surface area contributed by atoms with Crippen LogP contribution in [0, 0.1) is 11.8 Å². The molecule has 10 rings (SSSR count). The monoisotopic (exact) mass is 874 g/mol. The largest absolute Gasteiger partial charge is 0.485 e. The highest BCUT2D eigenvalue weighted by atomic mass is 35.5. The van der Waals surface area contributed by atoms with Gasteiger partial charge in [0.05, 0.1) is 35.1 Å². The van der Waals surface area contributed by atoms with E-state index >= 15 is 13.2 Å². The van der Waals surface area contributed by atoms with Crippen molar-refractivity contribution in [2.75, 3.05) is 61.5 Å². The summed E-state index contributed by atoms with van der Waals surface area (Å²) in [6.07, 6.45) is 5.07. The quantitative estimate of drug-likeness (QED) is 0.155. The number of ether oxygens (including phenoxy) is 1. The van der Waals surface area contributed by atoms with Crippen LogP contribution in [0.4, 0.5) is 36.3 Å². The Kier molecular flexibility index (Phi) is 10.3. The van der Waals surface area contributed by atoms with E-state index in [1.54, 1.807) is 29.9 Å². The van der Waals surface area contributed by atoms with E-state index in [1.165, 1.54) is 0 Å². The fourth-order valence-electron chi connectivity index (χ4n) is 9.97. The lowest BCUT2D eigenvalue weighted by molar-refractivity contribution is -0.134. The zero-order valence-electron chi connectivity index (χ0n) is 34.6. The van der Waals surface area contributed by atoms with Crippen LogP contribution in [0.3, 0.4) is 0 Å². The first-order valence-electron chi connectivity index (χ1n) is 21.6. The molecule has 18 heteroatoms. The Bertz CT molecular complexity index is 2460. The molecule has 4 aromatic rings. The van der Waals surface area contributed by atoms with E-state index in [-0.39, 0.29) is 29.9 Å². The molecule has 328 valence electrons. The van der Waals surface area contributed by atoms with Gasteiger partial charge in [-0.25, -0.2) is 18.2 Å². The number of likely N-dealkylation sites (tertiary alicyclic amines) is 1. The number of alkyl halides is 3. The molecular formula is C44H50ClF3N10O4. The maximum absolute atomic E-state index is 16.6. The predicted molar refractivity (Wildman–Crippen MR) is 228 cm³/mol. The number of rotatable bonds is 8. The van der Waals surface area contributed by atoms with Crippen molar-refractivity contribution in [3.05, 3.63) is 70.2 Å². The van der Waals surface area contributed by atoms with Gasteiger partial charge in [0.15, 0.2) is 24.4 Å². The van der Waals surface area contributed by atoms with Crippen LogP contribution in [0.5, 0.6) is 0 Å². The number of aliphatic hydroxyl groups excluding tert-OH is 1. The van der Waals surface area contributed by atoms with Crippen molar-refractivity contribution < 1.29 is 32.6 Å². The van der Waals surface area contributed by atoms with Gasteiger partial charge < -0.3 is 35.2 Å². The number of amides is 2. The van der Waals surface area contributed by atoms with Gasteiger partial charge in [-0.1, -0.05) is 23.7 Å². The zero-order valence-corrected chi connectivity index (χ0v) is 35.4. The van der Waals surface area contributed by atoms with Gasteiger partial charge in [0.1, 0.15) is 10.7 Å². The van der Waals surface area contributed by atoms with Crippen LogP contribution in [-0.2, 0) is 27.0 Å². The number of nitrogens with zero attached hydrogens (tertiary/aromatic N) is 7. The third-order valence-corrected chi connectivity index (χ3v) is 14.1. The van der Waals surface area contributed by atoms with E-state index < -0.39 is 36.4 Å². The second-order valence-electron chi connectivity index (χ2n) is 17.9. The van der Waals surface area contributed by atoms with E-state index in [2.05, 4.69) is 35.8 Å². The van der Waals surface area contributed by atoms with Crippen molar-refractivity contribution >= 4 is 63.2 Å². The zero-order chi connectivity index (χ0) is 43.1. The SMILES string of the molecule is CN1c2ccc(Nc3nc(N4CCC(CN5CCC(F)(c6ccc7c(C8CCC(=O)NC8=O)nn(C)c7c6)CC5)CC4)ncc3Cl)cc2C2=C(OCC(F)(F)[C@H](C3CC3)N2)C1O. The normalized spacial score (nSPS) is 25.4. The van der Waals surface area contributed by atoms with Crippen LogP contribution in [0.1, 0.15) is 74.1 Å². The van der Waals surface area contributed by atoms with Crippen molar-refractivity contribution in [1.29, 1.82) is 0 Å². The van der Waals surface area contributed by atoms with Gasteiger partial charge in [0.2, 0.25) is 17.8 Å². The molecule has 0 spiro atoms. The molecule has 7 heterocycles. The third-order valence-electron chi connectivity index (χ3n) is 13.8. The first kappa shape index (κ1) is 40.9. The highest BCUT2D eigenvalue weighted by Gasteiger charge is 2.52. The molecular weight excluding hydrogens is 825 g/mol. The Labute approximate surface area is 361 Å². The highest BCUT2D eigenvalue weighted by Crippen LogP contribution is 2.46. The molecule has 2 unspecified atom stereocenters. The summed E-state index contributed by atoms with van der Waals surface area (Å²) < 4.78 is 54.3. The first-order chi connectivity index (χ1) is 29.7. The lowest BCUT2D eigenvalue weighted by atomic mass is 9.84. The minimum absolute atomic E-state index is 0.0742. The Balaban J connectivity index is 0.761. The average Bonchev–Trinajstić information content (AvgIpc) is 4.06. The molecule has 1 saturated carbocycles. The Morgan fingerprint density at radius 2 is 1.77 bits per heavy atom. The predicted octanol–water partition coefficient (Wildman–Crippen LogP) is 5.93. The highest BCUT2D eigenvalue weighted by molar-refractivity contribution is 6.33. The van der Waals surface area contributed by atoms with Gasteiger partial charge in [0, 0.05) is 75.6 Å². The van der Waals surface area contributed by atoms with Crippen LogP contribution in [-0.4, -0.2) is 106 Å². The maximum Gasteiger partial charge on any atom is 0.301 e. The molecule has 4 N–H and O–H groups in total. The number of halogens is 4. The summed E-state index contributed by atoms with van der Waals surface area (Å²) in [6.45, 7) is 2.87. The standard InChI is InChI=1S/C44H50ClF3N10O4/c1-55-32-9-6-27(20-30(32)36-37(41(55)61)62-23-44(47,48)38(52-36)25-3-4-25)50-39-31(45)21-49-42(53-39)58-15-11-24(12-16-58)22-57-17-13-43(46,14-18-57)26-5-7-28-33(19-26)56(2)54-35(28)29-8-10-34(59)51-40(29)60/h5-7,9,19-21,24-25,29,38,41,52,61H,3-4,8,10-18,22-23H2,1-2H3,(H,49,50,53)(H,51,59,60)/t29?,38-,41?/m0/s1. The second kappa shape index (κ2) is 15.6. The van der Waals surface area contributed by atoms with E-state index in [0.29, 0.717) is 102 Å². The lowest BCUT2D eigenvalue weighted by Crippen LogP contribution is -2.47. The number of hydrogen-bond acceptors (Lipinski definition) is 12. The molecule has 3 saturated heterocycles. The van der Waals surface area contributed by atoms with Gasteiger partial charge >= 0.3 is 5.92 Å². The van der Waals surface area contributed by atoms with Crippen molar-refractivity contribution in [2.45, 2.75) is 81.1 Å². The number of hydrogen-bond donors (Lipinski definition) is 4. The minimum Gasteiger partial charge on any atom is -0.485 e. The van der Waals surface area contributed by atoms with E-state index in [1.807, 2.05) is 36.4 Å². The number of carbonyl (C=O) groups excluding carboxylic acids is 2. The molecule has 2 aromatic carbocycles. The number of benzene rings is 2. The van der Waals surface area contributed by atoms with Gasteiger partial charge in [-0.05, 0) is 86.6 Å². The first-order valence-corrected chi connectivity index (χ1v) is 22.0. The number of imide groups is 1. The lowest BCUT2D eigenvalue weighted by Gasteiger charge is -2.40. The van der Waals surface area contributed by atoms with Crippen molar-refractivity contribution in [3.8, 4) is 0 Å². The maximum atomic E-state index is 16.6. The number of carbonyl (C=O) groups is 2. The number of fused-ring (bicyclic) bond motifs is 3. The number of nitrogens with one attached hydrogen (secondary N) is 3.